The second kappa shape index (κ2) is 4.88. The maximum Gasteiger partial charge on any atom is 0.260 e. The SMILES string of the molecule is Cc1coc(Sc2ccc(/C(N)=N/O)nc2)n1. The second-order valence-electron chi connectivity index (χ2n) is 3.22. The van der Waals surface area contributed by atoms with Crippen molar-refractivity contribution in [1.29, 1.82) is 0 Å². The van der Waals surface area contributed by atoms with Crippen LogP contribution in [0.5, 0.6) is 0 Å². The Morgan fingerprint density at radius 1 is 1.53 bits per heavy atom. The van der Waals surface area contributed by atoms with Crippen molar-refractivity contribution in [1.82, 2.24) is 9.97 Å². The van der Waals surface area contributed by atoms with Crippen molar-refractivity contribution in [3.63, 3.8) is 0 Å². The van der Waals surface area contributed by atoms with E-state index < -0.39 is 0 Å². The Bertz CT molecular complexity index is 535. The monoisotopic (exact) mass is 250 g/mol. The van der Waals surface area contributed by atoms with Crippen molar-refractivity contribution in [2.24, 2.45) is 10.9 Å². The fourth-order valence-electron chi connectivity index (χ4n) is 1.12. The van der Waals surface area contributed by atoms with E-state index in [1.165, 1.54) is 11.8 Å². The van der Waals surface area contributed by atoms with Gasteiger partial charge in [0, 0.05) is 11.1 Å². The average molecular weight is 250 g/mol. The van der Waals surface area contributed by atoms with Gasteiger partial charge in [0.05, 0.1) is 5.69 Å². The van der Waals surface area contributed by atoms with Gasteiger partial charge in [0.25, 0.3) is 5.22 Å². The van der Waals surface area contributed by atoms with Gasteiger partial charge in [-0.3, -0.25) is 4.98 Å². The molecule has 0 radical (unpaired) electrons. The number of pyridine rings is 1. The molecule has 0 unspecified atom stereocenters. The molecule has 0 saturated heterocycles. The van der Waals surface area contributed by atoms with Crippen molar-refractivity contribution >= 4 is 17.6 Å². The summed E-state index contributed by atoms with van der Waals surface area (Å²) >= 11 is 1.35. The second-order valence-corrected chi connectivity index (χ2v) is 4.25. The van der Waals surface area contributed by atoms with Gasteiger partial charge in [-0.15, -0.1) is 0 Å². The van der Waals surface area contributed by atoms with Crippen LogP contribution in [0, 0.1) is 6.92 Å². The number of amidine groups is 1. The number of aryl methyl sites for hydroxylation is 1. The van der Waals surface area contributed by atoms with Gasteiger partial charge in [-0.25, -0.2) is 4.98 Å². The van der Waals surface area contributed by atoms with Crippen molar-refractivity contribution in [3.8, 4) is 0 Å². The minimum absolute atomic E-state index is 0.0199. The van der Waals surface area contributed by atoms with E-state index in [2.05, 4.69) is 15.1 Å². The molecule has 2 heterocycles. The molecule has 0 aliphatic heterocycles. The van der Waals surface area contributed by atoms with Gasteiger partial charge in [-0.1, -0.05) is 5.16 Å². The van der Waals surface area contributed by atoms with Crippen molar-refractivity contribution in [2.75, 3.05) is 0 Å². The highest BCUT2D eigenvalue weighted by molar-refractivity contribution is 7.99. The number of oxime groups is 1. The molecule has 2 aromatic rings. The molecule has 0 spiro atoms. The molecule has 0 aliphatic rings. The third-order valence-corrected chi connectivity index (χ3v) is 2.75. The van der Waals surface area contributed by atoms with E-state index in [9.17, 15) is 0 Å². The standard InChI is InChI=1S/C10H10N4O2S/c1-6-5-16-10(13-6)17-7-2-3-8(12-4-7)9(11)14-15/h2-5,15H,1H3,(H2,11,14). The Labute approximate surface area is 102 Å². The number of oxazole rings is 1. The van der Waals surface area contributed by atoms with E-state index in [1.54, 1.807) is 24.6 Å². The third kappa shape index (κ3) is 2.76. The van der Waals surface area contributed by atoms with Crippen LogP contribution in [0.4, 0.5) is 0 Å². The minimum Gasteiger partial charge on any atom is -0.439 e. The number of rotatable bonds is 3. The number of nitrogens with zero attached hydrogens (tertiary/aromatic N) is 3. The van der Waals surface area contributed by atoms with Gasteiger partial charge in [-0.05, 0) is 30.8 Å². The Hall–Kier alpha value is -2.02. The highest BCUT2D eigenvalue weighted by Crippen LogP contribution is 2.25. The highest BCUT2D eigenvalue weighted by Gasteiger charge is 2.05. The van der Waals surface area contributed by atoms with Crippen molar-refractivity contribution < 1.29 is 9.62 Å². The Morgan fingerprint density at radius 2 is 2.35 bits per heavy atom. The number of hydrogen-bond donors (Lipinski definition) is 2. The summed E-state index contributed by atoms with van der Waals surface area (Å²) in [5, 5.41) is 11.9. The molecule has 0 atom stereocenters. The van der Waals surface area contributed by atoms with Crippen LogP contribution in [0.3, 0.4) is 0 Å². The molecule has 88 valence electrons. The zero-order valence-corrected chi connectivity index (χ0v) is 9.81. The smallest absolute Gasteiger partial charge is 0.260 e. The largest absolute Gasteiger partial charge is 0.439 e. The lowest BCUT2D eigenvalue weighted by Gasteiger charge is -1.99. The van der Waals surface area contributed by atoms with Gasteiger partial charge in [0.15, 0.2) is 5.84 Å². The zero-order valence-electron chi connectivity index (χ0n) is 8.99. The van der Waals surface area contributed by atoms with Gasteiger partial charge in [-0.2, -0.15) is 0 Å². The molecular weight excluding hydrogens is 240 g/mol. The summed E-state index contributed by atoms with van der Waals surface area (Å²) in [6, 6.07) is 3.46. The molecule has 6 nitrogen and oxygen atoms in total. The molecule has 0 bridgehead atoms. The van der Waals surface area contributed by atoms with Crippen LogP contribution in [-0.2, 0) is 0 Å². The summed E-state index contributed by atoms with van der Waals surface area (Å²) in [7, 11) is 0. The maximum atomic E-state index is 8.49. The first-order valence-electron chi connectivity index (χ1n) is 4.73. The van der Waals surface area contributed by atoms with Crippen molar-refractivity contribution in [2.45, 2.75) is 17.0 Å². The Balaban J connectivity index is 2.13. The predicted molar refractivity (Wildman–Crippen MR) is 62.1 cm³/mol. The molecule has 0 aromatic carbocycles. The molecule has 0 fully saturated rings. The molecule has 7 heteroatoms. The zero-order chi connectivity index (χ0) is 12.3. The van der Waals surface area contributed by atoms with E-state index in [0.29, 0.717) is 10.9 Å². The van der Waals surface area contributed by atoms with E-state index in [1.807, 2.05) is 6.92 Å². The number of nitrogens with two attached hydrogens (primary N) is 1. The van der Waals surface area contributed by atoms with Crippen LogP contribution in [-0.4, -0.2) is 21.0 Å². The summed E-state index contributed by atoms with van der Waals surface area (Å²) in [5.74, 6) is -0.0199. The number of aromatic nitrogens is 2. The molecule has 2 rings (SSSR count). The quantitative estimate of drug-likeness (QED) is 0.372. The topological polar surface area (TPSA) is 97.5 Å². The summed E-state index contributed by atoms with van der Waals surface area (Å²) in [6.07, 6.45) is 3.19. The van der Waals surface area contributed by atoms with E-state index in [-0.39, 0.29) is 5.84 Å². The fourth-order valence-corrected chi connectivity index (χ4v) is 1.85. The van der Waals surface area contributed by atoms with Gasteiger partial charge in [0.2, 0.25) is 0 Å². The lowest BCUT2D eigenvalue weighted by Crippen LogP contribution is -2.14. The molecule has 0 amide bonds. The van der Waals surface area contributed by atoms with Crippen LogP contribution in [0.1, 0.15) is 11.4 Å². The summed E-state index contributed by atoms with van der Waals surface area (Å²) in [6.45, 7) is 1.85. The first-order valence-corrected chi connectivity index (χ1v) is 5.54. The lowest BCUT2D eigenvalue weighted by molar-refractivity contribution is 0.318. The number of hydrogen-bond acceptors (Lipinski definition) is 6. The summed E-state index contributed by atoms with van der Waals surface area (Å²) in [5.41, 5.74) is 6.64. The van der Waals surface area contributed by atoms with E-state index >= 15 is 0 Å². The van der Waals surface area contributed by atoms with Crippen LogP contribution >= 0.6 is 11.8 Å². The molecule has 0 aliphatic carbocycles. The Kier molecular flexibility index (Phi) is 3.29. The minimum atomic E-state index is -0.0199. The van der Waals surface area contributed by atoms with Crippen LogP contribution in [0.2, 0.25) is 0 Å². The first kappa shape index (κ1) is 11.5. The van der Waals surface area contributed by atoms with Gasteiger partial charge in [0.1, 0.15) is 12.0 Å². The summed E-state index contributed by atoms with van der Waals surface area (Å²) in [4.78, 5) is 9.07. The van der Waals surface area contributed by atoms with Crippen LogP contribution in [0.15, 0.2) is 44.3 Å². The normalized spacial score (nSPS) is 11.7. The van der Waals surface area contributed by atoms with Gasteiger partial charge >= 0.3 is 0 Å². The molecular formula is C10H10N4O2S. The van der Waals surface area contributed by atoms with Crippen molar-refractivity contribution in [3.05, 3.63) is 36.0 Å². The molecule has 0 saturated carbocycles. The maximum absolute atomic E-state index is 8.49. The highest BCUT2D eigenvalue weighted by atomic mass is 32.2. The van der Waals surface area contributed by atoms with Crippen LogP contribution in [0.25, 0.3) is 0 Å². The third-order valence-electron chi connectivity index (χ3n) is 1.91. The van der Waals surface area contributed by atoms with Crippen LogP contribution < -0.4 is 5.73 Å². The van der Waals surface area contributed by atoms with Gasteiger partial charge < -0.3 is 15.4 Å². The molecule has 2 aromatic heterocycles. The van der Waals surface area contributed by atoms with E-state index in [4.69, 9.17) is 15.4 Å². The Morgan fingerprint density at radius 3 is 2.88 bits per heavy atom. The lowest BCUT2D eigenvalue weighted by atomic mass is 10.3. The predicted octanol–water partition coefficient (Wildman–Crippen LogP) is 1.62. The molecule has 17 heavy (non-hydrogen) atoms. The molecule has 3 N–H and O–H groups in total. The fraction of sp³-hybridized carbons (Fsp3) is 0.100. The average Bonchev–Trinajstić information content (AvgIpc) is 2.75. The first-order chi connectivity index (χ1) is 8.19. The summed E-state index contributed by atoms with van der Waals surface area (Å²) < 4.78 is 5.20. The van der Waals surface area contributed by atoms with E-state index in [0.717, 1.165) is 10.6 Å².